The second-order valence-corrected chi connectivity index (χ2v) is 12.0. The van der Waals surface area contributed by atoms with Crippen molar-refractivity contribution in [3.8, 4) is 17.2 Å². The zero-order chi connectivity index (χ0) is 32.3. The van der Waals surface area contributed by atoms with E-state index >= 15 is 0 Å². The van der Waals surface area contributed by atoms with Gasteiger partial charge in [-0.05, 0) is 13.0 Å². The summed E-state index contributed by atoms with van der Waals surface area (Å²) in [5.41, 5.74) is -2.21. The molecule has 5 rings (SSSR count). The van der Waals surface area contributed by atoms with Crippen LogP contribution in [0.4, 0.5) is 0 Å². The summed E-state index contributed by atoms with van der Waals surface area (Å²) in [5, 5.41) is 54.3. The molecule has 0 amide bonds. The number of ketones is 3. The molecule has 4 unspecified atom stereocenters. The number of methoxy groups -OCH3 is 1. The summed E-state index contributed by atoms with van der Waals surface area (Å²) in [6, 6.07) is 3.07. The minimum absolute atomic E-state index is 0. The van der Waals surface area contributed by atoms with E-state index in [4.69, 9.17) is 24.0 Å². The van der Waals surface area contributed by atoms with Crippen molar-refractivity contribution in [2.24, 2.45) is 0 Å². The Morgan fingerprint density at radius 3 is 2.42 bits per heavy atom. The molecule has 0 spiro atoms. The molecule has 1 saturated heterocycles. The third-order valence-corrected chi connectivity index (χ3v) is 8.43. The first kappa shape index (κ1) is 35.6. The first-order valence-corrected chi connectivity index (χ1v) is 14.9. The van der Waals surface area contributed by atoms with Gasteiger partial charge in [0.2, 0.25) is 5.78 Å². The van der Waals surface area contributed by atoms with Crippen LogP contribution in [0.25, 0.3) is 0 Å². The van der Waals surface area contributed by atoms with Gasteiger partial charge in [0.15, 0.2) is 17.9 Å². The Kier molecular flexibility index (Phi) is 10.3. The van der Waals surface area contributed by atoms with E-state index in [-0.39, 0.29) is 64.0 Å². The summed E-state index contributed by atoms with van der Waals surface area (Å²) in [5.74, 6) is -4.26. The van der Waals surface area contributed by atoms with E-state index in [2.05, 4.69) is 10.1 Å². The van der Waals surface area contributed by atoms with Crippen molar-refractivity contribution in [2.45, 2.75) is 62.4 Å². The number of phenolic OH excluding ortho intramolecular Hbond substituents is 2. The summed E-state index contributed by atoms with van der Waals surface area (Å²) in [6.45, 7) is 0.317. The average molecular weight is 664 g/mol. The van der Waals surface area contributed by atoms with Crippen molar-refractivity contribution in [1.82, 2.24) is 5.48 Å². The van der Waals surface area contributed by atoms with Crippen molar-refractivity contribution in [3.63, 3.8) is 0 Å². The van der Waals surface area contributed by atoms with E-state index in [1.165, 1.54) is 32.2 Å². The van der Waals surface area contributed by atoms with Gasteiger partial charge < -0.3 is 49.5 Å². The Morgan fingerprint density at radius 1 is 1.13 bits per heavy atom. The van der Waals surface area contributed by atoms with Crippen LogP contribution in [0, 0.1) is 0 Å². The normalized spacial score (nSPS) is 27.6. The molecule has 2 aromatic rings. The number of ether oxygens (including phenoxy) is 3. The van der Waals surface area contributed by atoms with Crippen molar-refractivity contribution >= 4 is 54.7 Å². The van der Waals surface area contributed by atoms with Crippen LogP contribution in [0.15, 0.2) is 18.2 Å². The number of aliphatic hydroxyl groups excluding tert-OH is 2. The van der Waals surface area contributed by atoms with Crippen LogP contribution >= 0.6 is 7.82 Å². The van der Waals surface area contributed by atoms with Gasteiger partial charge in [0.05, 0.1) is 48.2 Å². The molecule has 1 heterocycles. The number of carbonyl (C=O) groups excluding carboxylic acids is 3. The molecular formula is C27H31NNaO15P. The van der Waals surface area contributed by atoms with Crippen molar-refractivity contribution in [2.75, 3.05) is 13.7 Å². The standard InChI is InChI=1S/C27H30NO15P.Na.H/c1-10-22(31)13(28-43-44(37,38)39)6-17(41-10)42-15-8-27(36,16(30)9-29)7-12-19(15)26(35)21-20(24(12)33)23(32)11-4-3-5-14(40-2)18(11)25(21)34;;/h3-5,10,13,15,17,22,28-29,31,33,35-36H,6-9H2,1-2H3,(H2,37,38,39);;/t10?,13?,15-,17?,22?,27-;;/m0../s1. The predicted molar refractivity (Wildman–Crippen MR) is 151 cm³/mol. The number of phenols is 2. The fourth-order valence-electron chi connectivity index (χ4n) is 5.97. The number of rotatable bonds is 8. The second kappa shape index (κ2) is 13.1. The summed E-state index contributed by atoms with van der Waals surface area (Å²) < 4.78 is 32.4. The van der Waals surface area contributed by atoms with Gasteiger partial charge in [-0.15, -0.1) is 0 Å². The molecule has 0 radical (unpaired) electrons. The monoisotopic (exact) mass is 663 g/mol. The molecule has 1 fully saturated rings. The zero-order valence-electron chi connectivity index (χ0n) is 23.3. The van der Waals surface area contributed by atoms with Crippen LogP contribution in [0.2, 0.25) is 0 Å². The average Bonchev–Trinajstić information content (AvgIpc) is 2.97. The van der Waals surface area contributed by atoms with Gasteiger partial charge in [0.25, 0.3) is 0 Å². The molecule has 6 atom stereocenters. The molecule has 0 bridgehead atoms. The maximum absolute atomic E-state index is 13.7. The minimum atomic E-state index is -5.00. The number of carbonyl (C=O) groups is 3. The summed E-state index contributed by atoms with van der Waals surface area (Å²) in [7, 11) is -3.72. The molecule has 0 aromatic heterocycles. The van der Waals surface area contributed by atoms with Crippen LogP contribution in [0.1, 0.15) is 68.8 Å². The van der Waals surface area contributed by atoms with Crippen LogP contribution < -0.4 is 10.2 Å². The number of phosphoric acid groups is 1. The molecule has 0 saturated carbocycles. The molecule has 240 valence electrons. The van der Waals surface area contributed by atoms with Gasteiger partial charge in [0.1, 0.15) is 29.5 Å². The number of benzene rings is 2. The van der Waals surface area contributed by atoms with Crippen LogP contribution in [0.3, 0.4) is 0 Å². The topological polar surface area (TPSA) is 259 Å². The Labute approximate surface area is 277 Å². The fraction of sp³-hybridized carbons (Fsp3) is 0.444. The number of aliphatic hydroxyl groups is 3. The summed E-state index contributed by atoms with van der Waals surface area (Å²) >= 11 is 0. The Balaban J connectivity index is 0.00000461. The molecule has 45 heavy (non-hydrogen) atoms. The van der Waals surface area contributed by atoms with Crippen LogP contribution in [-0.4, -0.2) is 126 Å². The summed E-state index contributed by atoms with van der Waals surface area (Å²) in [6.07, 6.45) is -6.80. The quantitative estimate of drug-likeness (QED) is 0.0623. The van der Waals surface area contributed by atoms with E-state index in [0.717, 1.165) is 0 Å². The summed E-state index contributed by atoms with van der Waals surface area (Å²) in [4.78, 5) is 58.1. The number of nitrogens with one attached hydrogen (secondary N) is 1. The zero-order valence-corrected chi connectivity index (χ0v) is 24.2. The third-order valence-electron chi connectivity index (χ3n) is 8.08. The second-order valence-electron chi connectivity index (χ2n) is 10.8. The molecule has 2 aliphatic carbocycles. The predicted octanol–water partition coefficient (Wildman–Crippen LogP) is -0.992. The number of aromatic hydroxyl groups is 2. The molecular weight excluding hydrogens is 632 g/mol. The van der Waals surface area contributed by atoms with Crippen LogP contribution in [0.5, 0.6) is 17.2 Å². The first-order chi connectivity index (χ1) is 20.6. The third kappa shape index (κ3) is 6.36. The van der Waals surface area contributed by atoms with Crippen molar-refractivity contribution in [1.29, 1.82) is 0 Å². The van der Waals surface area contributed by atoms with E-state index < -0.39 is 103 Å². The maximum atomic E-state index is 13.7. The molecule has 2 aromatic carbocycles. The van der Waals surface area contributed by atoms with Crippen LogP contribution in [-0.2, 0) is 29.9 Å². The van der Waals surface area contributed by atoms with Gasteiger partial charge in [-0.1, -0.05) is 12.1 Å². The van der Waals surface area contributed by atoms with Gasteiger partial charge in [-0.2, -0.15) is 10.1 Å². The van der Waals surface area contributed by atoms with E-state index in [9.17, 15) is 44.5 Å². The molecule has 3 aliphatic rings. The van der Waals surface area contributed by atoms with E-state index in [0.29, 0.717) is 0 Å². The number of Topliss-reactive ketones (excluding diaryl/α,β-unsaturated/α-hetero) is 1. The van der Waals surface area contributed by atoms with Gasteiger partial charge >= 0.3 is 37.4 Å². The Morgan fingerprint density at radius 2 is 1.80 bits per heavy atom. The van der Waals surface area contributed by atoms with Crippen molar-refractivity contribution < 1.29 is 73.1 Å². The Bertz CT molecular complexity index is 1590. The number of fused-ring (bicyclic) bond motifs is 3. The van der Waals surface area contributed by atoms with E-state index in [1.807, 2.05) is 0 Å². The molecule has 18 heteroatoms. The molecule has 8 N–H and O–H groups in total. The number of hydroxylamine groups is 1. The number of hydrogen-bond donors (Lipinski definition) is 8. The fourth-order valence-corrected chi connectivity index (χ4v) is 6.24. The van der Waals surface area contributed by atoms with Gasteiger partial charge in [-0.25, -0.2) is 4.57 Å². The molecule has 1 aliphatic heterocycles. The van der Waals surface area contributed by atoms with Gasteiger partial charge in [-0.3, -0.25) is 14.4 Å². The Hall–Kier alpha value is -2.28. The van der Waals surface area contributed by atoms with Crippen molar-refractivity contribution in [3.05, 3.63) is 51.6 Å². The molecule has 16 nitrogen and oxygen atoms in total. The first-order valence-electron chi connectivity index (χ1n) is 13.3. The SMILES string of the molecule is COc1cccc2c1C(=O)c1c(O)c3c(c(O)c1C2=O)C[C@@](O)(C(=O)CO)C[C@@H]3OC1CC(NOP(=O)(O)O)C(O)C(C)O1.[NaH]. The number of hydrogen-bond acceptors (Lipinski definition) is 14. The van der Waals surface area contributed by atoms with Gasteiger partial charge in [0, 0.05) is 36.0 Å². The van der Waals surface area contributed by atoms with E-state index in [1.54, 1.807) is 0 Å².